The SMILES string of the molecule is CC(C)(CO)CCCNC(=O)c1ccc(-n2cncn2)cc1. The van der Waals surface area contributed by atoms with Crippen LogP contribution in [0, 0.1) is 5.41 Å². The van der Waals surface area contributed by atoms with Gasteiger partial charge in [0, 0.05) is 18.7 Å². The number of aromatic nitrogens is 3. The number of amides is 1. The van der Waals surface area contributed by atoms with Crippen molar-refractivity contribution in [1.82, 2.24) is 20.1 Å². The molecule has 1 aromatic carbocycles. The van der Waals surface area contributed by atoms with E-state index >= 15 is 0 Å². The first-order valence-electron chi connectivity index (χ1n) is 7.36. The average Bonchev–Trinajstić information content (AvgIpc) is 3.06. The van der Waals surface area contributed by atoms with Crippen LogP contribution in [0.3, 0.4) is 0 Å². The number of nitrogens with one attached hydrogen (secondary N) is 1. The highest BCUT2D eigenvalue weighted by Crippen LogP contribution is 2.20. The molecule has 6 heteroatoms. The Morgan fingerprint density at radius 2 is 2.05 bits per heavy atom. The molecule has 6 nitrogen and oxygen atoms in total. The van der Waals surface area contributed by atoms with E-state index in [0.29, 0.717) is 12.1 Å². The second-order valence-electron chi connectivity index (χ2n) is 6.07. The Labute approximate surface area is 130 Å². The maximum Gasteiger partial charge on any atom is 0.251 e. The summed E-state index contributed by atoms with van der Waals surface area (Å²) in [6, 6.07) is 7.20. The first-order valence-corrected chi connectivity index (χ1v) is 7.36. The standard InChI is InChI=1S/C16H22N4O2/c1-16(2,10-21)8-3-9-18-15(22)13-4-6-14(7-5-13)20-12-17-11-19-20/h4-7,11-12,21H,3,8-10H2,1-2H3,(H,18,22). The van der Waals surface area contributed by atoms with Crippen LogP contribution >= 0.6 is 0 Å². The molecule has 118 valence electrons. The molecule has 0 saturated heterocycles. The molecule has 0 spiro atoms. The lowest BCUT2D eigenvalue weighted by atomic mass is 9.89. The number of carbonyl (C=O) groups excluding carboxylic acids is 1. The van der Waals surface area contributed by atoms with Crippen molar-refractivity contribution in [3.63, 3.8) is 0 Å². The van der Waals surface area contributed by atoms with E-state index in [-0.39, 0.29) is 17.9 Å². The normalized spacial score (nSPS) is 11.4. The maximum atomic E-state index is 12.0. The van der Waals surface area contributed by atoms with Gasteiger partial charge in [-0.3, -0.25) is 4.79 Å². The number of carbonyl (C=O) groups is 1. The summed E-state index contributed by atoms with van der Waals surface area (Å²) in [5.41, 5.74) is 1.38. The molecule has 0 saturated carbocycles. The van der Waals surface area contributed by atoms with Gasteiger partial charge in [-0.15, -0.1) is 0 Å². The monoisotopic (exact) mass is 302 g/mol. The van der Waals surface area contributed by atoms with Crippen molar-refractivity contribution in [2.45, 2.75) is 26.7 Å². The topological polar surface area (TPSA) is 80.0 Å². The second-order valence-corrected chi connectivity index (χ2v) is 6.07. The van der Waals surface area contributed by atoms with Crippen LogP contribution in [0.4, 0.5) is 0 Å². The third kappa shape index (κ3) is 4.39. The summed E-state index contributed by atoms with van der Waals surface area (Å²) < 4.78 is 1.64. The van der Waals surface area contributed by atoms with Crippen LogP contribution in [0.1, 0.15) is 37.0 Å². The van der Waals surface area contributed by atoms with Crippen molar-refractivity contribution in [3.05, 3.63) is 42.5 Å². The van der Waals surface area contributed by atoms with Gasteiger partial charge in [0.05, 0.1) is 5.69 Å². The molecule has 0 aliphatic carbocycles. The first-order chi connectivity index (χ1) is 10.5. The van der Waals surface area contributed by atoms with E-state index in [2.05, 4.69) is 15.4 Å². The third-order valence-electron chi connectivity index (χ3n) is 3.56. The molecular weight excluding hydrogens is 280 g/mol. The van der Waals surface area contributed by atoms with Crippen molar-refractivity contribution in [3.8, 4) is 5.69 Å². The van der Waals surface area contributed by atoms with Crippen molar-refractivity contribution in [2.24, 2.45) is 5.41 Å². The summed E-state index contributed by atoms with van der Waals surface area (Å²) in [7, 11) is 0. The maximum absolute atomic E-state index is 12.0. The molecule has 0 unspecified atom stereocenters. The Bertz CT molecular complexity index is 591. The van der Waals surface area contributed by atoms with Crippen molar-refractivity contribution >= 4 is 5.91 Å². The second kappa shape index (κ2) is 7.17. The molecule has 0 aliphatic rings. The van der Waals surface area contributed by atoms with Crippen LogP contribution in [0.15, 0.2) is 36.9 Å². The minimum atomic E-state index is -0.0931. The minimum absolute atomic E-state index is 0.0908. The molecule has 0 aliphatic heterocycles. The molecule has 1 amide bonds. The van der Waals surface area contributed by atoms with Crippen LogP contribution in [0.25, 0.3) is 5.69 Å². The molecule has 1 aromatic heterocycles. The summed E-state index contributed by atoms with van der Waals surface area (Å²) in [5.74, 6) is -0.0908. The van der Waals surface area contributed by atoms with Crippen LogP contribution in [-0.2, 0) is 0 Å². The predicted molar refractivity (Wildman–Crippen MR) is 83.8 cm³/mol. The lowest BCUT2D eigenvalue weighted by Gasteiger charge is -2.21. The highest BCUT2D eigenvalue weighted by Gasteiger charge is 2.15. The van der Waals surface area contributed by atoms with E-state index in [0.717, 1.165) is 18.5 Å². The van der Waals surface area contributed by atoms with Gasteiger partial charge in [0.25, 0.3) is 5.91 Å². The van der Waals surface area contributed by atoms with Crippen LogP contribution in [0.2, 0.25) is 0 Å². The highest BCUT2D eigenvalue weighted by molar-refractivity contribution is 5.94. The van der Waals surface area contributed by atoms with Crippen molar-refractivity contribution < 1.29 is 9.90 Å². The van der Waals surface area contributed by atoms with Gasteiger partial charge in [0.2, 0.25) is 0 Å². The van der Waals surface area contributed by atoms with Crippen LogP contribution in [0.5, 0.6) is 0 Å². The van der Waals surface area contributed by atoms with E-state index in [1.54, 1.807) is 23.1 Å². The Morgan fingerprint density at radius 1 is 1.32 bits per heavy atom. The van der Waals surface area contributed by atoms with E-state index in [9.17, 15) is 9.90 Å². The van der Waals surface area contributed by atoms with Crippen LogP contribution in [-0.4, -0.2) is 38.9 Å². The Morgan fingerprint density at radius 3 is 2.64 bits per heavy atom. The number of rotatable bonds is 7. The fourth-order valence-electron chi connectivity index (χ4n) is 2.06. The molecule has 2 rings (SSSR count). The van der Waals surface area contributed by atoms with Gasteiger partial charge in [-0.05, 0) is 42.5 Å². The van der Waals surface area contributed by atoms with E-state index in [1.807, 2.05) is 26.0 Å². The molecule has 2 N–H and O–H groups in total. The molecule has 0 atom stereocenters. The van der Waals surface area contributed by atoms with Crippen molar-refractivity contribution in [2.75, 3.05) is 13.2 Å². The number of aliphatic hydroxyl groups excluding tert-OH is 1. The number of benzene rings is 1. The first kappa shape index (κ1) is 16.2. The quantitative estimate of drug-likeness (QED) is 0.764. The molecule has 1 heterocycles. The van der Waals surface area contributed by atoms with Gasteiger partial charge >= 0.3 is 0 Å². The van der Waals surface area contributed by atoms with Crippen LogP contribution < -0.4 is 5.32 Å². The van der Waals surface area contributed by atoms with Gasteiger partial charge in [0.15, 0.2) is 0 Å². The Kier molecular flexibility index (Phi) is 5.27. The molecule has 0 radical (unpaired) electrons. The molecular formula is C16H22N4O2. The fraction of sp³-hybridized carbons (Fsp3) is 0.438. The predicted octanol–water partition coefficient (Wildman–Crippen LogP) is 1.80. The van der Waals surface area contributed by atoms with Gasteiger partial charge in [-0.1, -0.05) is 13.8 Å². The number of nitrogens with zero attached hydrogens (tertiary/aromatic N) is 3. The lowest BCUT2D eigenvalue weighted by Crippen LogP contribution is -2.26. The van der Waals surface area contributed by atoms with E-state index in [4.69, 9.17) is 0 Å². The zero-order chi connectivity index (χ0) is 16.0. The number of hydrogen-bond donors (Lipinski definition) is 2. The summed E-state index contributed by atoms with van der Waals surface area (Å²) in [5, 5.41) is 16.1. The third-order valence-corrected chi connectivity index (χ3v) is 3.56. The Hall–Kier alpha value is -2.21. The van der Waals surface area contributed by atoms with Gasteiger partial charge in [-0.25, -0.2) is 9.67 Å². The fourth-order valence-corrected chi connectivity index (χ4v) is 2.06. The van der Waals surface area contributed by atoms with E-state index < -0.39 is 0 Å². The lowest BCUT2D eigenvalue weighted by molar-refractivity contribution is 0.0948. The minimum Gasteiger partial charge on any atom is -0.396 e. The summed E-state index contributed by atoms with van der Waals surface area (Å²) in [6.07, 6.45) is 4.79. The average molecular weight is 302 g/mol. The molecule has 2 aromatic rings. The summed E-state index contributed by atoms with van der Waals surface area (Å²) in [4.78, 5) is 15.9. The van der Waals surface area contributed by atoms with E-state index in [1.165, 1.54) is 6.33 Å². The smallest absolute Gasteiger partial charge is 0.251 e. The molecule has 0 fully saturated rings. The van der Waals surface area contributed by atoms with Gasteiger partial charge in [-0.2, -0.15) is 5.10 Å². The van der Waals surface area contributed by atoms with Crippen molar-refractivity contribution in [1.29, 1.82) is 0 Å². The van der Waals surface area contributed by atoms with Gasteiger partial charge < -0.3 is 10.4 Å². The molecule has 0 bridgehead atoms. The number of aliphatic hydroxyl groups is 1. The Balaban J connectivity index is 1.83. The van der Waals surface area contributed by atoms with Gasteiger partial charge in [0.1, 0.15) is 12.7 Å². The largest absolute Gasteiger partial charge is 0.396 e. The summed E-state index contributed by atoms with van der Waals surface area (Å²) in [6.45, 7) is 4.78. The zero-order valence-corrected chi connectivity index (χ0v) is 13.0. The molecule has 22 heavy (non-hydrogen) atoms. The highest BCUT2D eigenvalue weighted by atomic mass is 16.3. The number of hydrogen-bond acceptors (Lipinski definition) is 4. The summed E-state index contributed by atoms with van der Waals surface area (Å²) >= 11 is 0. The zero-order valence-electron chi connectivity index (χ0n) is 13.0.